The molecule has 10 aromatic rings. The molecule has 0 aliphatic heterocycles. The maximum atomic E-state index is 5.38. The second kappa shape index (κ2) is 12.0. The number of fused-ring (bicyclic) bond motifs is 6. The first-order chi connectivity index (χ1) is 28.0. The Morgan fingerprint density at radius 2 is 1.12 bits per heavy atom. The molecule has 0 bridgehead atoms. The maximum absolute atomic E-state index is 5.38. The van der Waals surface area contributed by atoms with Crippen molar-refractivity contribution in [2.75, 3.05) is 0 Å². The van der Waals surface area contributed by atoms with Gasteiger partial charge < -0.3 is 0 Å². The number of aryl methyl sites for hydroxylation is 1. The van der Waals surface area contributed by atoms with Crippen LogP contribution in [0.15, 0.2) is 164 Å². The zero-order chi connectivity index (χ0) is 37.8. The highest BCUT2D eigenvalue weighted by Crippen LogP contribution is 2.50. The van der Waals surface area contributed by atoms with E-state index in [1.807, 2.05) is 6.20 Å². The van der Waals surface area contributed by atoms with Crippen LogP contribution in [0.2, 0.25) is 0 Å². The standard InChI is InChI=1S/C54H37N3/c1-54(2)46-16-6-5-15-42(46)43-25-22-37(30-47(43)54)36-12-8-13-38(29-36)51-45-27-19-32-9-3-4-14-41(32)52(45)57-53(56-51)48-28-23-39(31-55-48)40-24-20-35-18-17-33-10-7-11-34-21-26-44(40)50(35)49(33)34/h3-18,20-26,28-31H,19,27H2,1-2H3. The Hall–Kier alpha value is -6.97. The van der Waals surface area contributed by atoms with Crippen molar-refractivity contribution >= 4 is 32.3 Å². The Balaban J connectivity index is 0.973. The Bertz CT molecular complexity index is 3250. The molecule has 12 rings (SSSR count). The summed E-state index contributed by atoms with van der Waals surface area (Å²) in [7, 11) is 0. The van der Waals surface area contributed by atoms with Crippen LogP contribution in [0.5, 0.6) is 0 Å². The van der Waals surface area contributed by atoms with Crippen LogP contribution >= 0.6 is 0 Å². The Morgan fingerprint density at radius 3 is 1.98 bits per heavy atom. The lowest BCUT2D eigenvalue weighted by Crippen LogP contribution is -2.14. The van der Waals surface area contributed by atoms with Gasteiger partial charge in [0, 0.05) is 33.9 Å². The van der Waals surface area contributed by atoms with Crippen LogP contribution in [0, 0.1) is 0 Å². The SMILES string of the molecule is CC1(C)c2ccccc2-c2ccc(-c3cccc(-c4nc(-c5ccc(-c6ccc7ccc8cccc9ccc6c7c89)cn5)nc5c4CCc4ccccc4-5)c3)cc21. The molecule has 0 fully saturated rings. The van der Waals surface area contributed by atoms with E-state index >= 15 is 0 Å². The van der Waals surface area contributed by atoms with Crippen molar-refractivity contribution in [1.82, 2.24) is 15.0 Å². The molecule has 8 aromatic carbocycles. The number of hydrogen-bond donors (Lipinski definition) is 0. The number of hydrogen-bond acceptors (Lipinski definition) is 3. The van der Waals surface area contributed by atoms with E-state index in [0.29, 0.717) is 5.82 Å². The minimum Gasteiger partial charge on any atom is -0.252 e. The summed E-state index contributed by atoms with van der Waals surface area (Å²) in [5.41, 5.74) is 17.6. The van der Waals surface area contributed by atoms with Crippen molar-refractivity contribution in [3.8, 4) is 67.4 Å². The first-order valence-electron chi connectivity index (χ1n) is 20.0. The van der Waals surface area contributed by atoms with Gasteiger partial charge in [0.2, 0.25) is 0 Å². The van der Waals surface area contributed by atoms with Crippen LogP contribution in [0.4, 0.5) is 0 Å². The summed E-state index contributed by atoms with van der Waals surface area (Å²) in [6.07, 6.45) is 3.84. The molecule has 2 aliphatic carbocycles. The third-order valence-corrected chi connectivity index (χ3v) is 12.8. The van der Waals surface area contributed by atoms with Gasteiger partial charge in [-0.05, 0) is 108 Å². The maximum Gasteiger partial charge on any atom is 0.179 e. The summed E-state index contributed by atoms with van der Waals surface area (Å²) >= 11 is 0. The lowest BCUT2D eigenvalue weighted by Gasteiger charge is -2.23. The fraction of sp³-hybridized carbons (Fsp3) is 0.0926. The van der Waals surface area contributed by atoms with Gasteiger partial charge in [-0.3, -0.25) is 4.98 Å². The van der Waals surface area contributed by atoms with Gasteiger partial charge in [0.15, 0.2) is 5.82 Å². The molecule has 3 heteroatoms. The summed E-state index contributed by atoms with van der Waals surface area (Å²) < 4.78 is 0. The van der Waals surface area contributed by atoms with Crippen molar-refractivity contribution in [2.24, 2.45) is 0 Å². The van der Waals surface area contributed by atoms with Gasteiger partial charge in [-0.2, -0.15) is 0 Å². The van der Waals surface area contributed by atoms with E-state index in [-0.39, 0.29) is 5.41 Å². The summed E-state index contributed by atoms with van der Waals surface area (Å²) in [6, 6.07) is 57.7. The van der Waals surface area contributed by atoms with Gasteiger partial charge in [-0.1, -0.05) is 153 Å². The molecule has 0 amide bonds. The van der Waals surface area contributed by atoms with E-state index in [0.717, 1.165) is 41.1 Å². The van der Waals surface area contributed by atoms with Gasteiger partial charge in [0.05, 0.1) is 11.4 Å². The number of pyridine rings is 1. The monoisotopic (exact) mass is 727 g/mol. The Kier molecular flexibility index (Phi) is 6.81. The summed E-state index contributed by atoms with van der Waals surface area (Å²) in [5, 5.41) is 7.67. The third-order valence-electron chi connectivity index (χ3n) is 12.8. The first kappa shape index (κ1) is 32.3. The van der Waals surface area contributed by atoms with E-state index in [1.165, 1.54) is 88.0 Å². The highest BCUT2D eigenvalue weighted by Gasteiger charge is 2.35. The van der Waals surface area contributed by atoms with Crippen molar-refractivity contribution in [1.29, 1.82) is 0 Å². The second-order valence-electron chi connectivity index (χ2n) is 16.3. The fourth-order valence-electron chi connectivity index (χ4n) is 9.93. The molecule has 57 heavy (non-hydrogen) atoms. The lowest BCUT2D eigenvalue weighted by molar-refractivity contribution is 0.660. The van der Waals surface area contributed by atoms with Crippen molar-refractivity contribution in [2.45, 2.75) is 32.1 Å². The Morgan fingerprint density at radius 1 is 0.456 bits per heavy atom. The van der Waals surface area contributed by atoms with Crippen LogP contribution in [0.1, 0.15) is 36.1 Å². The van der Waals surface area contributed by atoms with Gasteiger partial charge in [0.25, 0.3) is 0 Å². The number of aromatic nitrogens is 3. The first-order valence-corrected chi connectivity index (χ1v) is 20.0. The van der Waals surface area contributed by atoms with Crippen LogP contribution in [0.3, 0.4) is 0 Å². The summed E-state index contributed by atoms with van der Waals surface area (Å²) in [4.78, 5) is 15.8. The molecular formula is C54H37N3. The van der Waals surface area contributed by atoms with Gasteiger partial charge in [-0.15, -0.1) is 0 Å². The molecule has 0 saturated carbocycles. The molecule has 0 saturated heterocycles. The zero-order valence-electron chi connectivity index (χ0n) is 31.8. The smallest absolute Gasteiger partial charge is 0.179 e. The molecule has 268 valence electrons. The average Bonchev–Trinajstić information content (AvgIpc) is 3.50. The second-order valence-corrected chi connectivity index (χ2v) is 16.3. The van der Waals surface area contributed by atoms with Crippen molar-refractivity contribution < 1.29 is 0 Å². The zero-order valence-corrected chi connectivity index (χ0v) is 31.8. The summed E-state index contributed by atoms with van der Waals surface area (Å²) in [5.74, 6) is 0.643. The molecule has 0 spiro atoms. The lowest BCUT2D eigenvalue weighted by atomic mass is 9.81. The van der Waals surface area contributed by atoms with Crippen LogP contribution < -0.4 is 0 Å². The fourth-order valence-corrected chi connectivity index (χ4v) is 9.93. The molecular weight excluding hydrogens is 691 g/mol. The van der Waals surface area contributed by atoms with Crippen molar-refractivity contribution in [3.63, 3.8) is 0 Å². The molecule has 0 radical (unpaired) electrons. The molecule has 0 N–H and O–H groups in total. The number of nitrogens with zero attached hydrogens (tertiary/aromatic N) is 3. The largest absolute Gasteiger partial charge is 0.252 e. The predicted octanol–water partition coefficient (Wildman–Crippen LogP) is 13.5. The molecule has 2 aromatic heterocycles. The summed E-state index contributed by atoms with van der Waals surface area (Å²) in [6.45, 7) is 4.69. The number of rotatable bonds is 4. The minimum atomic E-state index is -0.0594. The number of benzene rings is 8. The third kappa shape index (κ3) is 4.82. The van der Waals surface area contributed by atoms with Crippen LogP contribution in [0.25, 0.3) is 99.7 Å². The minimum absolute atomic E-state index is 0.0594. The van der Waals surface area contributed by atoms with Gasteiger partial charge in [-0.25, -0.2) is 9.97 Å². The van der Waals surface area contributed by atoms with E-state index in [9.17, 15) is 0 Å². The quantitative estimate of drug-likeness (QED) is 0.169. The van der Waals surface area contributed by atoms with E-state index in [1.54, 1.807) is 0 Å². The van der Waals surface area contributed by atoms with Crippen LogP contribution in [-0.4, -0.2) is 15.0 Å². The van der Waals surface area contributed by atoms with Gasteiger partial charge in [0.1, 0.15) is 5.69 Å². The topological polar surface area (TPSA) is 38.7 Å². The van der Waals surface area contributed by atoms with E-state index < -0.39 is 0 Å². The Labute approximate surface area is 331 Å². The normalized spacial score (nSPS) is 13.8. The van der Waals surface area contributed by atoms with E-state index in [4.69, 9.17) is 15.0 Å². The molecule has 2 aliphatic rings. The highest BCUT2D eigenvalue weighted by atomic mass is 14.9. The average molecular weight is 728 g/mol. The van der Waals surface area contributed by atoms with Gasteiger partial charge >= 0.3 is 0 Å². The van der Waals surface area contributed by atoms with Crippen molar-refractivity contribution in [3.05, 3.63) is 186 Å². The molecule has 3 nitrogen and oxygen atoms in total. The molecule has 0 atom stereocenters. The van der Waals surface area contributed by atoms with Crippen LogP contribution in [-0.2, 0) is 18.3 Å². The molecule has 2 heterocycles. The highest BCUT2D eigenvalue weighted by molar-refractivity contribution is 6.25. The predicted molar refractivity (Wildman–Crippen MR) is 236 cm³/mol. The molecule has 0 unspecified atom stereocenters. The van der Waals surface area contributed by atoms with E-state index in [2.05, 4.69) is 172 Å².